The van der Waals surface area contributed by atoms with Crippen molar-refractivity contribution in [1.29, 1.82) is 0 Å². The highest BCUT2D eigenvalue weighted by atomic mass is 32.1. The zero-order valence-electron chi connectivity index (χ0n) is 16.3. The second-order valence-corrected chi connectivity index (χ2v) is 7.08. The number of hydrogen-bond acceptors (Lipinski definition) is 6. The van der Waals surface area contributed by atoms with Crippen LogP contribution in [0.1, 0.15) is 19.4 Å². The molecule has 1 aromatic heterocycles. The number of rotatable bonds is 7. The lowest BCUT2D eigenvalue weighted by Gasteiger charge is -2.09. The number of ether oxygens (including phenoxy) is 2. The minimum absolute atomic E-state index is 0.140. The van der Waals surface area contributed by atoms with Crippen LogP contribution in [-0.4, -0.2) is 30.5 Å². The van der Waals surface area contributed by atoms with E-state index in [-0.39, 0.29) is 11.8 Å². The molecule has 0 atom stereocenters. The van der Waals surface area contributed by atoms with Gasteiger partial charge in [-0.1, -0.05) is 17.4 Å². The summed E-state index contributed by atoms with van der Waals surface area (Å²) < 4.78 is 11.7. The van der Waals surface area contributed by atoms with Gasteiger partial charge in [-0.25, -0.2) is 4.98 Å². The van der Waals surface area contributed by atoms with Crippen molar-refractivity contribution in [2.75, 3.05) is 24.4 Å². The van der Waals surface area contributed by atoms with Gasteiger partial charge < -0.3 is 14.8 Å². The van der Waals surface area contributed by atoms with Gasteiger partial charge in [0.25, 0.3) is 0 Å². The number of nitrogens with zero attached hydrogens (tertiary/aromatic N) is 1. The number of hydrogen-bond donors (Lipinski definition) is 2. The number of aromatic nitrogens is 1. The molecule has 0 saturated heterocycles. The summed E-state index contributed by atoms with van der Waals surface area (Å²) >= 11 is 1.34. The summed E-state index contributed by atoms with van der Waals surface area (Å²) in [7, 11) is 1.58. The number of amides is 2. The Balaban J connectivity index is 1.70. The van der Waals surface area contributed by atoms with Gasteiger partial charge in [0.1, 0.15) is 0 Å². The lowest BCUT2D eigenvalue weighted by atomic mass is 10.2. The summed E-state index contributed by atoms with van der Waals surface area (Å²) in [5, 5.41) is 5.98. The van der Waals surface area contributed by atoms with Crippen molar-refractivity contribution in [2.45, 2.75) is 13.8 Å². The average molecular weight is 411 g/mol. The first kappa shape index (κ1) is 20.3. The van der Waals surface area contributed by atoms with E-state index < -0.39 is 0 Å². The van der Waals surface area contributed by atoms with Gasteiger partial charge in [-0.15, -0.1) is 0 Å². The second-order valence-electron chi connectivity index (χ2n) is 6.05. The van der Waals surface area contributed by atoms with Gasteiger partial charge >= 0.3 is 0 Å². The number of anilines is 2. The molecule has 0 bridgehead atoms. The van der Waals surface area contributed by atoms with E-state index in [1.165, 1.54) is 24.3 Å². The normalized spacial score (nSPS) is 10.9. The van der Waals surface area contributed by atoms with Crippen molar-refractivity contribution in [3.63, 3.8) is 0 Å². The van der Waals surface area contributed by atoms with Crippen molar-refractivity contribution < 1.29 is 19.1 Å². The Morgan fingerprint density at radius 2 is 1.97 bits per heavy atom. The maximum atomic E-state index is 12.3. The van der Waals surface area contributed by atoms with Crippen LogP contribution in [0.4, 0.5) is 10.8 Å². The molecule has 0 spiro atoms. The van der Waals surface area contributed by atoms with Gasteiger partial charge in [-0.05, 0) is 48.9 Å². The monoisotopic (exact) mass is 411 g/mol. The fraction of sp³-hybridized carbons (Fsp3) is 0.190. The number of methoxy groups -OCH3 is 1. The van der Waals surface area contributed by atoms with Gasteiger partial charge in [-0.2, -0.15) is 0 Å². The molecule has 0 radical (unpaired) electrons. The lowest BCUT2D eigenvalue weighted by Crippen LogP contribution is -2.07. The molecule has 0 saturated carbocycles. The van der Waals surface area contributed by atoms with E-state index in [4.69, 9.17) is 9.47 Å². The quantitative estimate of drug-likeness (QED) is 0.566. The lowest BCUT2D eigenvalue weighted by molar-refractivity contribution is -0.114. The molecular weight excluding hydrogens is 390 g/mol. The first-order valence-corrected chi connectivity index (χ1v) is 9.78. The minimum Gasteiger partial charge on any atom is -0.493 e. The van der Waals surface area contributed by atoms with Crippen LogP contribution in [0.25, 0.3) is 16.3 Å². The van der Waals surface area contributed by atoms with Gasteiger partial charge in [0.15, 0.2) is 16.6 Å². The molecule has 2 N–H and O–H groups in total. The molecule has 2 aromatic carbocycles. The number of carbonyl (C=O) groups is 2. The topological polar surface area (TPSA) is 89.5 Å². The standard InChI is InChI=1S/C21H21N3O4S/c1-4-28-18-11-14(5-9-17(18)27-3)6-10-20(26)24-21-23-16-8-7-15(22-13(2)25)12-19(16)29-21/h5-12H,4H2,1-3H3,(H,22,25)(H,23,24,26)/b10-6+. The van der Waals surface area contributed by atoms with Gasteiger partial charge in [0.05, 0.1) is 23.9 Å². The number of carbonyl (C=O) groups excluding carboxylic acids is 2. The Morgan fingerprint density at radius 3 is 2.69 bits per heavy atom. The predicted octanol–water partition coefficient (Wildman–Crippen LogP) is 4.31. The van der Waals surface area contributed by atoms with Crippen LogP contribution in [0.3, 0.4) is 0 Å². The number of benzene rings is 2. The number of nitrogens with one attached hydrogen (secondary N) is 2. The van der Waals surface area contributed by atoms with Crippen LogP contribution in [0.2, 0.25) is 0 Å². The van der Waals surface area contributed by atoms with Gasteiger partial charge in [-0.3, -0.25) is 14.9 Å². The number of fused-ring (bicyclic) bond motifs is 1. The summed E-state index contributed by atoms with van der Waals surface area (Å²) in [4.78, 5) is 27.8. The summed E-state index contributed by atoms with van der Waals surface area (Å²) in [5.41, 5.74) is 2.25. The molecule has 29 heavy (non-hydrogen) atoms. The smallest absolute Gasteiger partial charge is 0.250 e. The molecule has 0 unspecified atom stereocenters. The molecule has 7 nitrogen and oxygen atoms in total. The van der Waals surface area contributed by atoms with Crippen molar-refractivity contribution in [3.05, 3.63) is 48.0 Å². The molecular formula is C21H21N3O4S. The van der Waals surface area contributed by atoms with Crippen LogP contribution in [-0.2, 0) is 9.59 Å². The molecule has 0 fully saturated rings. The molecule has 0 aliphatic carbocycles. The van der Waals surface area contributed by atoms with E-state index in [1.54, 1.807) is 31.4 Å². The fourth-order valence-corrected chi connectivity index (χ4v) is 3.55. The van der Waals surface area contributed by atoms with Crippen LogP contribution in [0.5, 0.6) is 11.5 Å². The molecule has 150 valence electrons. The van der Waals surface area contributed by atoms with Crippen molar-refractivity contribution in [3.8, 4) is 11.5 Å². The SMILES string of the molecule is CCOc1cc(/C=C/C(=O)Nc2nc3ccc(NC(C)=O)cc3s2)ccc1OC. The van der Waals surface area contributed by atoms with E-state index in [0.717, 1.165) is 15.8 Å². The maximum absolute atomic E-state index is 12.3. The number of thiazole rings is 1. The highest BCUT2D eigenvalue weighted by molar-refractivity contribution is 7.22. The average Bonchev–Trinajstić information content (AvgIpc) is 3.07. The van der Waals surface area contributed by atoms with Gasteiger partial charge in [0, 0.05) is 18.7 Å². The Morgan fingerprint density at radius 1 is 1.14 bits per heavy atom. The summed E-state index contributed by atoms with van der Waals surface area (Å²) in [5.74, 6) is 0.832. The largest absolute Gasteiger partial charge is 0.493 e. The van der Waals surface area contributed by atoms with Crippen molar-refractivity contribution in [2.24, 2.45) is 0 Å². The molecule has 2 amide bonds. The van der Waals surface area contributed by atoms with Crippen LogP contribution in [0.15, 0.2) is 42.5 Å². The highest BCUT2D eigenvalue weighted by Gasteiger charge is 2.08. The Bertz CT molecular complexity index is 1070. The highest BCUT2D eigenvalue weighted by Crippen LogP contribution is 2.29. The van der Waals surface area contributed by atoms with Crippen LogP contribution < -0.4 is 20.1 Å². The Hall–Kier alpha value is -3.39. The van der Waals surface area contributed by atoms with E-state index in [1.807, 2.05) is 25.1 Å². The second kappa shape index (κ2) is 9.20. The first-order chi connectivity index (χ1) is 14.0. The third-order valence-corrected chi connectivity index (χ3v) is 4.79. The zero-order chi connectivity index (χ0) is 20.8. The van der Waals surface area contributed by atoms with Crippen molar-refractivity contribution in [1.82, 2.24) is 4.98 Å². The Labute approximate surface area is 172 Å². The van der Waals surface area contributed by atoms with Crippen molar-refractivity contribution >= 4 is 50.3 Å². The van der Waals surface area contributed by atoms with E-state index >= 15 is 0 Å². The molecule has 3 aromatic rings. The van der Waals surface area contributed by atoms with Crippen LogP contribution in [0, 0.1) is 0 Å². The first-order valence-electron chi connectivity index (χ1n) is 8.96. The third kappa shape index (κ3) is 5.32. The molecule has 8 heteroatoms. The Kier molecular flexibility index (Phi) is 6.46. The minimum atomic E-state index is -0.292. The summed E-state index contributed by atoms with van der Waals surface area (Å²) in [6, 6.07) is 10.8. The fourth-order valence-electron chi connectivity index (χ4n) is 2.64. The molecule has 0 aliphatic rings. The van der Waals surface area contributed by atoms with Crippen LogP contribution >= 0.6 is 11.3 Å². The third-order valence-electron chi connectivity index (χ3n) is 3.85. The molecule has 3 rings (SSSR count). The van der Waals surface area contributed by atoms with E-state index in [9.17, 15) is 9.59 Å². The maximum Gasteiger partial charge on any atom is 0.250 e. The predicted molar refractivity (Wildman–Crippen MR) is 116 cm³/mol. The zero-order valence-corrected chi connectivity index (χ0v) is 17.1. The van der Waals surface area contributed by atoms with E-state index in [0.29, 0.717) is 28.9 Å². The molecule has 0 aliphatic heterocycles. The summed E-state index contributed by atoms with van der Waals surface area (Å²) in [6.07, 6.45) is 3.13. The molecule has 1 heterocycles. The summed E-state index contributed by atoms with van der Waals surface area (Å²) in [6.45, 7) is 3.87. The van der Waals surface area contributed by atoms with E-state index in [2.05, 4.69) is 15.6 Å². The van der Waals surface area contributed by atoms with Gasteiger partial charge in [0.2, 0.25) is 11.8 Å².